The molecule has 0 spiro atoms. The lowest BCUT2D eigenvalue weighted by Gasteiger charge is -2.27. The van der Waals surface area contributed by atoms with Gasteiger partial charge >= 0.3 is 6.18 Å². The molecule has 0 bridgehead atoms. The van der Waals surface area contributed by atoms with Crippen LogP contribution >= 0.6 is 0 Å². The second-order valence-electron chi connectivity index (χ2n) is 5.11. The summed E-state index contributed by atoms with van der Waals surface area (Å²) in [6.45, 7) is 2.92. The van der Waals surface area contributed by atoms with Crippen LogP contribution in [0.25, 0.3) is 4.91 Å². The molecule has 0 radical (unpaired) electrons. The van der Waals surface area contributed by atoms with E-state index < -0.39 is 21.1 Å². The van der Waals surface area contributed by atoms with Crippen molar-refractivity contribution in [3.05, 3.63) is 41.5 Å². The maximum Gasteiger partial charge on any atom is 0.411 e. The minimum atomic E-state index is -4.75. The van der Waals surface area contributed by atoms with Crippen molar-refractivity contribution in [1.29, 1.82) is 0 Å². The summed E-state index contributed by atoms with van der Waals surface area (Å²) in [6.07, 6.45) is -4.94. The van der Waals surface area contributed by atoms with Crippen LogP contribution in [0.5, 0.6) is 0 Å². The average Bonchev–Trinajstić information content (AvgIpc) is 2.45. The van der Waals surface area contributed by atoms with Crippen LogP contribution in [0.2, 0.25) is 0 Å². The molecule has 5 nitrogen and oxygen atoms in total. The summed E-state index contributed by atoms with van der Waals surface area (Å²) < 4.78 is 68.2. The molecular formula is C14H17F3N2O3S. The number of rotatable bonds is 4. The van der Waals surface area contributed by atoms with E-state index in [1.54, 1.807) is 19.1 Å². The lowest BCUT2D eigenvalue weighted by Crippen LogP contribution is -2.48. The Hall–Kier alpha value is -1.42. The third-order valence-corrected chi connectivity index (χ3v) is 4.61. The number of hydrazine groups is 1. The molecule has 1 aliphatic rings. The van der Waals surface area contributed by atoms with Crippen LogP contribution in [0.1, 0.15) is 11.1 Å². The first-order valence-corrected chi connectivity index (χ1v) is 8.37. The van der Waals surface area contributed by atoms with Crippen molar-refractivity contribution in [2.24, 2.45) is 0 Å². The van der Waals surface area contributed by atoms with Crippen molar-refractivity contribution < 1.29 is 26.3 Å². The van der Waals surface area contributed by atoms with E-state index in [1.165, 1.54) is 17.1 Å². The number of halogens is 3. The lowest BCUT2D eigenvalue weighted by molar-refractivity contribution is -0.0792. The Bertz CT molecular complexity index is 664. The smallest absolute Gasteiger partial charge is 0.379 e. The Morgan fingerprint density at radius 1 is 1.22 bits per heavy atom. The summed E-state index contributed by atoms with van der Waals surface area (Å²) in [5.41, 5.74) is 0.798. The Kier molecular flexibility index (Phi) is 5.45. The van der Waals surface area contributed by atoms with E-state index in [2.05, 4.69) is 4.83 Å². The second kappa shape index (κ2) is 7.00. The van der Waals surface area contributed by atoms with E-state index in [0.717, 1.165) is 5.56 Å². The molecule has 1 fully saturated rings. The van der Waals surface area contributed by atoms with Gasteiger partial charge in [0.2, 0.25) is 0 Å². The van der Waals surface area contributed by atoms with Crippen LogP contribution in [0.3, 0.4) is 0 Å². The first kappa shape index (κ1) is 17.9. The van der Waals surface area contributed by atoms with E-state index in [4.69, 9.17) is 4.74 Å². The number of nitrogens with zero attached hydrogens (tertiary/aromatic N) is 1. The summed E-state index contributed by atoms with van der Waals surface area (Å²) >= 11 is 0. The average molecular weight is 350 g/mol. The molecule has 1 aliphatic heterocycles. The van der Waals surface area contributed by atoms with Gasteiger partial charge in [0.05, 0.1) is 18.1 Å². The van der Waals surface area contributed by atoms with Gasteiger partial charge in [-0.3, -0.25) is 0 Å². The highest BCUT2D eigenvalue weighted by molar-refractivity contribution is 7.98. The molecule has 0 amide bonds. The number of benzene rings is 1. The molecule has 1 saturated heterocycles. The maximum absolute atomic E-state index is 12.8. The molecule has 1 heterocycles. The number of hydrogen-bond donors (Lipinski definition) is 1. The molecular weight excluding hydrogens is 333 g/mol. The van der Waals surface area contributed by atoms with Gasteiger partial charge in [-0.2, -0.15) is 13.2 Å². The first-order valence-electron chi connectivity index (χ1n) is 6.89. The molecule has 9 heteroatoms. The molecule has 0 unspecified atom stereocenters. The fourth-order valence-corrected chi connectivity index (χ4v) is 3.41. The maximum atomic E-state index is 12.8. The number of alkyl halides is 3. The Morgan fingerprint density at radius 3 is 2.30 bits per heavy atom. The van der Waals surface area contributed by atoms with Crippen LogP contribution in [0.15, 0.2) is 30.3 Å². The van der Waals surface area contributed by atoms with E-state index in [9.17, 15) is 21.6 Å². The summed E-state index contributed by atoms with van der Waals surface area (Å²) in [7, 11) is -4.36. The minimum absolute atomic E-state index is 0.0197. The number of ether oxygens (including phenoxy) is 1. The standard InChI is InChI=1S/C14H17F3N2O3S/c1-11-2-4-12(5-3-11)13(10-14(15,16)17)23(20,21)18-19-6-8-22-9-7-19/h2-5,10,18H,6-9H2,1H3/b13-10+. The van der Waals surface area contributed by atoms with Crippen LogP contribution in [-0.2, 0) is 14.8 Å². The fraction of sp³-hybridized carbons (Fsp3) is 0.429. The quantitative estimate of drug-likeness (QED) is 0.903. The van der Waals surface area contributed by atoms with E-state index in [0.29, 0.717) is 13.2 Å². The highest BCUT2D eigenvalue weighted by Gasteiger charge is 2.31. The van der Waals surface area contributed by atoms with Gasteiger partial charge in [0.1, 0.15) is 0 Å². The third kappa shape index (κ3) is 5.31. The first-order chi connectivity index (χ1) is 10.7. The van der Waals surface area contributed by atoms with Crippen LogP contribution < -0.4 is 4.83 Å². The predicted octanol–water partition coefficient (Wildman–Crippen LogP) is 2.06. The summed E-state index contributed by atoms with van der Waals surface area (Å²) in [5.74, 6) is 0. The van der Waals surface area contributed by atoms with Gasteiger partial charge in [0, 0.05) is 19.2 Å². The van der Waals surface area contributed by atoms with Gasteiger partial charge in [-0.1, -0.05) is 29.8 Å². The van der Waals surface area contributed by atoms with Gasteiger partial charge in [0.25, 0.3) is 10.0 Å². The van der Waals surface area contributed by atoms with Gasteiger partial charge < -0.3 is 4.74 Å². The van der Waals surface area contributed by atoms with E-state index >= 15 is 0 Å². The SMILES string of the molecule is Cc1ccc(/C(=C\C(F)(F)F)S(=O)(=O)NN2CCOCC2)cc1. The molecule has 128 valence electrons. The zero-order valence-corrected chi connectivity index (χ0v) is 13.2. The highest BCUT2D eigenvalue weighted by atomic mass is 32.2. The monoisotopic (exact) mass is 350 g/mol. The molecule has 1 aromatic carbocycles. The molecule has 23 heavy (non-hydrogen) atoms. The van der Waals surface area contributed by atoms with Gasteiger partial charge in [-0.25, -0.2) is 13.4 Å². The lowest BCUT2D eigenvalue weighted by atomic mass is 10.1. The van der Waals surface area contributed by atoms with Crippen molar-refractivity contribution in [2.45, 2.75) is 13.1 Å². The van der Waals surface area contributed by atoms with Gasteiger partial charge in [-0.05, 0) is 12.5 Å². The normalized spacial score (nSPS) is 18.2. The zero-order chi connectivity index (χ0) is 17.1. The van der Waals surface area contributed by atoms with Crippen molar-refractivity contribution in [2.75, 3.05) is 26.3 Å². The molecule has 0 aromatic heterocycles. The number of aryl methyl sites for hydroxylation is 1. The fourth-order valence-electron chi connectivity index (χ4n) is 2.06. The van der Waals surface area contributed by atoms with Crippen LogP contribution in [0, 0.1) is 6.92 Å². The van der Waals surface area contributed by atoms with Crippen molar-refractivity contribution in [3.8, 4) is 0 Å². The minimum Gasteiger partial charge on any atom is -0.379 e. The summed E-state index contributed by atoms with van der Waals surface area (Å²) in [5, 5.41) is 1.33. The summed E-state index contributed by atoms with van der Waals surface area (Å²) in [4.78, 5) is 1.38. The topological polar surface area (TPSA) is 58.6 Å². The van der Waals surface area contributed by atoms with E-state index in [1.807, 2.05) is 0 Å². The molecule has 0 aliphatic carbocycles. The zero-order valence-electron chi connectivity index (χ0n) is 12.4. The van der Waals surface area contributed by atoms with Crippen molar-refractivity contribution >= 4 is 14.9 Å². The van der Waals surface area contributed by atoms with Gasteiger partial charge in [-0.15, -0.1) is 4.83 Å². The molecule has 0 atom stereocenters. The Balaban J connectivity index is 2.36. The Morgan fingerprint density at radius 2 is 1.78 bits per heavy atom. The number of allylic oxidation sites excluding steroid dienone is 1. The number of hydrogen-bond acceptors (Lipinski definition) is 4. The largest absolute Gasteiger partial charge is 0.411 e. The second-order valence-corrected chi connectivity index (χ2v) is 6.74. The van der Waals surface area contributed by atoms with Gasteiger partial charge in [0.15, 0.2) is 0 Å². The van der Waals surface area contributed by atoms with Crippen molar-refractivity contribution in [3.63, 3.8) is 0 Å². The molecule has 2 rings (SSSR count). The number of sulfonamides is 1. The van der Waals surface area contributed by atoms with Crippen molar-refractivity contribution in [1.82, 2.24) is 9.84 Å². The third-order valence-electron chi connectivity index (χ3n) is 3.18. The summed E-state index contributed by atoms with van der Waals surface area (Å²) in [6, 6.07) is 5.82. The van der Waals surface area contributed by atoms with Crippen LogP contribution in [0.4, 0.5) is 13.2 Å². The number of nitrogens with one attached hydrogen (secondary N) is 1. The molecule has 1 N–H and O–H groups in total. The predicted molar refractivity (Wildman–Crippen MR) is 79.7 cm³/mol. The molecule has 0 saturated carbocycles. The highest BCUT2D eigenvalue weighted by Crippen LogP contribution is 2.28. The van der Waals surface area contributed by atoms with Crippen LogP contribution in [-0.4, -0.2) is 45.9 Å². The van der Waals surface area contributed by atoms with E-state index in [-0.39, 0.29) is 24.7 Å². The molecule has 1 aromatic rings. The Labute approximate surface area is 132 Å². The number of morpholine rings is 1.